The average Bonchev–Trinajstić information content (AvgIpc) is 2.90. The highest BCUT2D eigenvalue weighted by Crippen LogP contribution is 2.31. The highest BCUT2D eigenvalue weighted by atomic mass is 15.1. The lowest BCUT2D eigenvalue weighted by molar-refractivity contribution is 0.429. The topological polar surface area (TPSA) is 68.5 Å². The van der Waals surface area contributed by atoms with Gasteiger partial charge in [0.1, 0.15) is 28.8 Å². The fourth-order valence-electron chi connectivity index (χ4n) is 3.42. The van der Waals surface area contributed by atoms with Crippen LogP contribution in [0.4, 0.5) is 11.6 Å². The molecular formula is C18H22N6. The van der Waals surface area contributed by atoms with Crippen LogP contribution in [-0.2, 0) is 7.05 Å². The largest absolute Gasteiger partial charge is 0.331 e. The molecule has 6 heteroatoms. The summed E-state index contributed by atoms with van der Waals surface area (Å²) in [6.07, 6.45) is 9.93. The third-order valence-corrected chi connectivity index (χ3v) is 4.89. The summed E-state index contributed by atoms with van der Waals surface area (Å²) in [6.45, 7) is 1.99. The minimum Gasteiger partial charge on any atom is -0.331 e. The molecule has 1 fully saturated rings. The van der Waals surface area contributed by atoms with Crippen LogP contribution < -0.4 is 5.32 Å². The van der Waals surface area contributed by atoms with Crippen LogP contribution in [-0.4, -0.2) is 24.5 Å². The Morgan fingerprint density at radius 2 is 1.92 bits per heavy atom. The SMILES string of the molecule is Cc1nc2cnc(Nc3ccnc(C4CCCCC4)n3)cc2n1C. The van der Waals surface area contributed by atoms with E-state index in [2.05, 4.69) is 24.8 Å². The van der Waals surface area contributed by atoms with Crippen LogP contribution in [0.1, 0.15) is 49.7 Å². The molecule has 0 unspecified atom stereocenters. The second-order valence-electron chi connectivity index (χ2n) is 6.54. The van der Waals surface area contributed by atoms with Crippen LogP contribution in [0.5, 0.6) is 0 Å². The number of aromatic nitrogens is 5. The van der Waals surface area contributed by atoms with E-state index in [9.17, 15) is 0 Å². The summed E-state index contributed by atoms with van der Waals surface area (Å²) >= 11 is 0. The van der Waals surface area contributed by atoms with Crippen LogP contribution >= 0.6 is 0 Å². The number of aryl methyl sites for hydroxylation is 2. The lowest BCUT2D eigenvalue weighted by atomic mass is 9.89. The van der Waals surface area contributed by atoms with E-state index in [1.807, 2.05) is 32.3 Å². The van der Waals surface area contributed by atoms with Gasteiger partial charge in [0.25, 0.3) is 0 Å². The van der Waals surface area contributed by atoms with Gasteiger partial charge < -0.3 is 9.88 Å². The summed E-state index contributed by atoms with van der Waals surface area (Å²) < 4.78 is 2.07. The number of imidazole rings is 1. The molecule has 0 amide bonds. The molecule has 0 radical (unpaired) electrons. The second kappa shape index (κ2) is 6.19. The molecule has 3 heterocycles. The number of anilines is 2. The van der Waals surface area contributed by atoms with Crippen molar-refractivity contribution in [2.45, 2.75) is 44.9 Å². The maximum Gasteiger partial charge on any atom is 0.135 e. The third kappa shape index (κ3) is 2.84. The number of pyridine rings is 1. The Morgan fingerprint density at radius 3 is 2.75 bits per heavy atom. The van der Waals surface area contributed by atoms with Gasteiger partial charge in [0, 0.05) is 25.2 Å². The quantitative estimate of drug-likeness (QED) is 0.793. The molecule has 3 aromatic rings. The summed E-state index contributed by atoms with van der Waals surface area (Å²) in [5.41, 5.74) is 1.97. The van der Waals surface area contributed by atoms with Crippen molar-refractivity contribution in [2.75, 3.05) is 5.32 Å². The van der Waals surface area contributed by atoms with Gasteiger partial charge in [-0.1, -0.05) is 19.3 Å². The summed E-state index contributed by atoms with van der Waals surface area (Å²) in [5, 5.41) is 3.31. The molecule has 0 spiro atoms. The van der Waals surface area contributed by atoms with Gasteiger partial charge >= 0.3 is 0 Å². The second-order valence-corrected chi connectivity index (χ2v) is 6.54. The first-order valence-corrected chi connectivity index (χ1v) is 8.60. The normalized spacial score (nSPS) is 15.8. The number of fused-ring (bicyclic) bond motifs is 1. The molecule has 124 valence electrons. The van der Waals surface area contributed by atoms with E-state index in [0.717, 1.165) is 34.3 Å². The first kappa shape index (κ1) is 15.1. The van der Waals surface area contributed by atoms with Gasteiger partial charge in [-0.05, 0) is 25.8 Å². The van der Waals surface area contributed by atoms with Crippen molar-refractivity contribution < 1.29 is 0 Å². The van der Waals surface area contributed by atoms with Crippen molar-refractivity contribution in [3.63, 3.8) is 0 Å². The first-order valence-electron chi connectivity index (χ1n) is 8.60. The van der Waals surface area contributed by atoms with Gasteiger partial charge in [0.2, 0.25) is 0 Å². The predicted octanol–water partition coefficient (Wildman–Crippen LogP) is 3.86. The maximum absolute atomic E-state index is 4.71. The van der Waals surface area contributed by atoms with Gasteiger partial charge in [0.15, 0.2) is 0 Å². The molecule has 1 saturated carbocycles. The third-order valence-electron chi connectivity index (χ3n) is 4.89. The Hall–Kier alpha value is -2.50. The average molecular weight is 322 g/mol. The number of hydrogen-bond donors (Lipinski definition) is 1. The van der Waals surface area contributed by atoms with Gasteiger partial charge in [-0.15, -0.1) is 0 Å². The molecule has 1 aliphatic carbocycles. The van der Waals surface area contributed by atoms with Crippen molar-refractivity contribution in [3.05, 3.63) is 36.2 Å². The Labute approximate surface area is 141 Å². The molecule has 0 aliphatic heterocycles. The summed E-state index contributed by atoms with van der Waals surface area (Å²) in [5.74, 6) is 4.01. The Morgan fingerprint density at radius 1 is 1.08 bits per heavy atom. The van der Waals surface area contributed by atoms with E-state index in [1.165, 1.54) is 32.1 Å². The lowest BCUT2D eigenvalue weighted by Gasteiger charge is -2.20. The summed E-state index contributed by atoms with van der Waals surface area (Å²) in [4.78, 5) is 18.1. The smallest absolute Gasteiger partial charge is 0.135 e. The van der Waals surface area contributed by atoms with Crippen LogP contribution in [0.15, 0.2) is 24.5 Å². The van der Waals surface area contributed by atoms with Crippen molar-refractivity contribution in [1.82, 2.24) is 24.5 Å². The molecule has 0 aromatic carbocycles. The van der Waals surface area contributed by atoms with Crippen LogP contribution in [0.3, 0.4) is 0 Å². The molecule has 6 nitrogen and oxygen atoms in total. The standard InChI is InChI=1S/C18H22N6/c1-12-21-14-11-20-17(10-15(14)24(12)2)22-16-8-9-19-18(23-16)13-6-4-3-5-7-13/h8-11,13H,3-7H2,1-2H3,(H,19,20,22,23). The minimum absolute atomic E-state index is 0.496. The van der Waals surface area contributed by atoms with Crippen molar-refractivity contribution in [1.29, 1.82) is 0 Å². The van der Waals surface area contributed by atoms with E-state index < -0.39 is 0 Å². The van der Waals surface area contributed by atoms with Gasteiger partial charge in [-0.25, -0.2) is 19.9 Å². The van der Waals surface area contributed by atoms with E-state index in [1.54, 1.807) is 6.20 Å². The Bertz CT molecular complexity index is 863. The molecule has 0 atom stereocenters. The summed E-state index contributed by atoms with van der Waals surface area (Å²) in [6, 6.07) is 3.91. The fourth-order valence-corrected chi connectivity index (χ4v) is 3.42. The molecule has 1 N–H and O–H groups in total. The Kier molecular flexibility index (Phi) is 3.88. The number of nitrogens with zero attached hydrogens (tertiary/aromatic N) is 5. The maximum atomic E-state index is 4.71. The highest BCUT2D eigenvalue weighted by molar-refractivity contribution is 5.78. The first-order chi connectivity index (χ1) is 11.7. The monoisotopic (exact) mass is 322 g/mol. The highest BCUT2D eigenvalue weighted by Gasteiger charge is 2.18. The fraction of sp³-hybridized carbons (Fsp3) is 0.444. The Balaban J connectivity index is 1.59. The van der Waals surface area contributed by atoms with E-state index in [0.29, 0.717) is 5.92 Å². The van der Waals surface area contributed by atoms with Gasteiger partial charge in [-0.2, -0.15) is 0 Å². The predicted molar refractivity (Wildman–Crippen MR) is 94.4 cm³/mol. The molecule has 24 heavy (non-hydrogen) atoms. The van der Waals surface area contributed by atoms with E-state index in [4.69, 9.17) is 4.98 Å². The number of hydrogen-bond acceptors (Lipinski definition) is 5. The molecule has 0 bridgehead atoms. The molecule has 4 rings (SSSR count). The van der Waals surface area contributed by atoms with Crippen molar-refractivity contribution in [2.24, 2.45) is 7.05 Å². The summed E-state index contributed by atoms with van der Waals surface area (Å²) in [7, 11) is 2.01. The van der Waals surface area contributed by atoms with Crippen molar-refractivity contribution >= 4 is 22.7 Å². The van der Waals surface area contributed by atoms with E-state index >= 15 is 0 Å². The zero-order valence-corrected chi connectivity index (χ0v) is 14.2. The number of nitrogens with one attached hydrogen (secondary N) is 1. The van der Waals surface area contributed by atoms with Gasteiger partial charge in [-0.3, -0.25) is 0 Å². The zero-order valence-electron chi connectivity index (χ0n) is 14.2. The van der Waals surface area contributed by atoms with Crippen LogP contribution in [0, 0.1) is 6.92 Å². The molecule has 1 aliphatic rings. The number of rotatable bonds is 3. The van der Waals surface area contributed by atoms with Crippen LogP contribution in [0.2, 0.25) is 0 Å². The van der Waals surface area contributed by atoms with Crippen LogP contribution in [0.25, 0.3) is 11.0 Å². The van der Waals surface area contributed by atoms with Gasteiger partial charge in [0.05, 0.1) is 11.7 Å². The molecule has 0 saturated heterocycles. The minimum atomic E-state index is 0.496. The zero-order chi connectivity index (χ0) is 16.5. The van der Waals surface area contributed by atoms with Crippen molar-refractivity contribution in [3.8, 4) is 0 Å². The molecular weight excluding hydrogens is 300 g/mol. The molecule has 3 aromatic heterocycles. The van der Waals surface area contributed by atoms with E-state index in [-0.39, 0.29) is 0 Å². The lowest BCUT2D eigenvalue weighted by Crippen LogP contribution is -2.09.